The van der Waals surface area contributed by atoms with Gasteiger partial charge >= 0.3 is 0 Å². The van der Waals surface area contributed by atoms with E-state index >= 15 is 0 Å². The van der Waals surface area contributed by atoms with Gasteiger partial charge in [0.1, 0.15) is 29.8 Å². The van der Waals surface area contributed by atoms with Crippen molar-refractivity contribution in [1.82, 2.24) is 4.90 Å². The van der Waals surface area contributed by atoms with Crippen LogP contribution in [0, 0.1) is 12.7 Å². The van der Waals surface area contributed by atoms with E-state index < -0.39 is 0 Å². The molecule has 0 spiro atoms. The van der Waals surface area contributed by atoms with Gasteiger partial charge in [-0.15, -0.1) is 0 Å². The van der Waals surface area contributed by atoms with Gasteiger partial charge in [0.25, 0.3) is 0 Å². The lowest BCUT2D eigenvalue weighted by atomic mass is 9.99. The van der Waals surface area contributed by atoms with Gasteiger partial charge < -0.3 is 14.2 Å². The normalized spacial score (nSPS) is 16.2. The van der Waals surface area contributed by atoms with Gasteiger partial charge in [0.05, 0.1) is 12.7 Å². The van der Waals surface area contributed by atoms with Crippen molar-refractivity contribution in [3.05, 3.63) is 92.4 Å². The molecule has 2 aliphatic heterocycles. The van der Waals surface area contributed by atoms with Gasteiger partial charge in [-0.05, 0) is 55.0 Å². The summed E-state index contributed by atoms with van der Waals surface area (Å²) in [6.07, 6.45) is 1.70. The maximum absolute atomic E-state index is 13.2. The minimum absolute atomic E-state index is 0.173. The van der Waals surface area contributed by atoms with E-state index in [1.807, 2.05) is 31.2 Å². The molecule has 5 nitrogen and oxygen atoms in total. The monoisotopic (exact) mass is 509 g/mol. The number of rotatable bonds is 4. The molecule has 0 unspecified atom stereocenters. The van der Waals surface area contributed by atoms with E-state index in [-0.39, 0.29) is 17.4 Å². The van der Waals surface area contributed by atoms with Crippen LogP contribution in [0.5, 0.6) is 17.2 Å². The molecule has 0 aliphatic carbocycles. The summed E-state index contributed by atoms with van der Waals surface area (Å²) in [5, 5.41) is 0. The third-order valence-corrected chi connectivity index (χ3v) is 6.29. The molecule has 7 heteroatoms. The molecule has 168 valence electrons. The van der Waals surface area contributed by atoms with Gasteiger partial charge in [0.2, 0.25) is 5.78 Å². The molecular weight excluding hydrogens is 489 g/mol. The molecule has 2 heterocycles. The van der Waals surface area contributed by atoms with Crippen LogP contribution < -0.4 is 14.2 Å². The van der Waals surface area contributed by atoms with Crippen LogP contribution in [0.2, 0.25) is 0 Å². The molecular formula is C26H21BrFNO4. The summed E-state index contributed by atoms with van der Waals surface area (Å²) in [6.45, 7) is 3.54. The Morgan fingerprint density at radius 3 is 2.70 bits per heavy atom. The second-order valence-electron chi connectivity index (χ2n) is 8.08. The molecule has 2 aliphatic rings. The van der Waals surface area contributed by atoms with E-state index in [0.29, 0.717) is 36.9 Å². The predicted octanol–water partition coefficient (Wildman–Crippen LogP) is 5.87. The fourth-order valence-corrected chi connectivity index (χ4v) is 4.58. The minimum Gasteiger partial charge on any atom is -0.496 e. The first-order chi connectivity index (χ1) is 15.9. The fourth-order valence-electron chi connectivity index (χ4n) is 4.21. The lowest BCUT2D eigenvalue weighted by Gasteiger charge is -2.30. The Hall–Kier alpha value is -3.16. The Bertz CT molecular complexity index is 1290. The van der Waals surface area contributed by atoms with Crippen LogP contribution in [-0.2, 0) is 13.1 Å². The Balaban J connectivity index is 1.43. The number of nitrogens with zero attached hydrogens (tertiary/aromatic N) is 1. The van der Waals surface area contributed by atoms with Crippen molar-refractivity contribution < 1.29 is 23.4 Å². The van der Waals surface area contributed by atoms with E-state index in [0.717, 1.165) is 32.5 Å². The van der Waals surface area contributed by atoms with Crippen LogP contribution in [0.15, 0.2) is 58.8 Å². The van der Waals surface area contributed by atoms with Crippen LogP contribution in [0.25, 0.3) is 6.08 Å². The number of methoxy groups -OCH3 is 1. The molecule has 0 saturated carbocycles. The number of hydrogen-bond acceptors (Lipinski definition) is 5. The topological polar surface area (TPSA) is 48.0 Å². The number of fused-ring (bicyclic) bond motifs is 2. The zero-order valence-electron chi connectivity index (χ0n) is 18.2. The van der Waals surface area contributed by atoms with Crippen LogP contribution in [0.1, 0.15) is 32.6 Å². The molecule has 33 heavy (non-hydrogen) atoms. The van der Waals surface area contributed by atoms with Crippen LogP contribution in [0.3, 0.4) is 0 Å². The van der Waals surface area contributed by atoms with Crippen molar-refractivity contribution >= 4 is 27.8 Å². The molecule has 3 aromatic rings. The second-order valence-corrected chi connectivity index (χ2v) is 9.00. The number of hydrogen-bond donors (Lipinski definition) is 0. The third kappa shape index (κ3) is 4.14. The number of ketones is 1. The van der Waals surface area contributed by atoms with Crippen molar-refractivity contribution in [1.29, 1.82) is 0 Å². The summed E-state index contributed by atoms with van der Waals surface area (Å²) >= 11 is 3.46. The summed E-state index contributed by atoms with van der Waals surface area (Å²) in [4.78, 5) is 15.3. The van der Waals surface area contributed by atoms with Gasteiger partial charge in [-0.25, -0.2) is 4.39 Å². The number of benzene rings is 3. The first kappa shape index (κ1) is 21.7. The maximum atomic E-state index is 13.2. The Morgan fingerprint density at radius 1 is 1.15 bits per heavy atom. The number of carbonyl (C=O) groups excluding carboxylic acids is 1. The molecule has 0 N–H and O–H groups in total. The fraction of sp³-hybridized carbons (Fsp3) is 0.192. The number of halogens is 2. The number of carbonyl (C=O) groups is 1. The van der Waals surface area contributed by atoms with Crippen LogP contribution in [-0.4, -0.2) is 24.5 Å². The highest BCUT2D eigenvalue weighted by Gasteiger charge is 2.33. The largest absolute Gasteiger partial charge is 0.496 e. The highest BCUT2D eigenvalue weighted by Crippen LogP contribution is 2.43. The highest BCUT2D eigenvalue weighted by molar-refractivity contribution is 9.10. The molecule has 0 bridgehead atoms. The molecule has 0 saturated heterocycles. The molecule has 3 aromatic carbocycles. The summed E-state index contributed by atoms with van der Waals surface area (Å²) < 4.78 is 31.5. The lowest BCUT2D eigenvalue weighted by Crippen LogP contribution is -2.32. The summed E-state index contributed by atoms with van der Waals surface area (Å²) in [5.41, 5.74) is 4.00. The average molecular weight is 510 g/mol. The molecule has 0 radical (unpaired) electrons. The van der Waals surface area contributed by atoms with Gasteiger partial charge in [0, 0.05) is 34.3 Å². The van der Waals surface area contributed by atoms with Crippen molar-refractivity contribution in [2.75, 3.05) is 13.8 Å². The smallest absolute Gasteiger partial charge is 0.231 e. The number of ether oxygens (including phenoxy) is 3. The second kappa shape index (κ2) is 8.65. The standard InChI is InChI=1S/C26H21BrFNO4/c1-15-25-18(13-29(14-32-25)12-16-3-6-20(28)7-4-16)10-21-24(30)23(33-26(15)21)11-17-9-19(27)5-8-22(17)31-2/h3-11H,12-14H2,1-2H3/b23-11-. The molecule has 5 rings (SSSR count). The van der Waals surface area contributed by atoms with E-state index in [2.05, 4.69) is 20.8 Å². The number of Topliss-reactive ketones (excluding diaryl/α,β-unsaturated/α-hetero) is 1. The third-order valence-electron chi connectivity index (χ3n) is 5.80. The van der Waals surface area contributed by atoms with Crippen molar-refractivity contribution in [3.63, 3.8) is 0 Å². The predicted molar refractivity (Wildman–Crippen MR) is 126 cm³/mol. The van der Waals surface area contributed by atoms with Gasteiger partial charge in [0.15, 0.2) is 5.76 Å². The molecule has 0 fully saturated rings. The zero-order chi connectivity index (χ0) is 23.1. The first-order valence-corrected chi connectivity index (χ1v) is 11.3. The van der Waals surface area contributed by atoms with Crippen molar-refractivity contribution in [3.8, 4) is 17.2 Å². The quantitative estimate of drug-likeness (QED) is 0.411. The lowest BCUT2D eigenvalue weighted by molar-refractivity contribution is 0.0876. The van der Waals surface area contributed by atoms with Gasteiger partial charge in [-0.1, -0.05) is 28.1 Å². The zero-order valence-corrected chi connectivity index (χ0v) is 19.7. The molecule has 0 aromatic heterocycles. The summed E-state index contributed by atoms with van der Waals surface area (Å²) in [7, 11) is 1.59. The van der Waals surface area contributed by atoms with E-state index in [1.54, 1.807) is 25.3 Å². The van der Waals surface area contributed by atoms with Crippen LogP contribution >= 0.6 is 15.9 Å². The average Bonchev–Trinajstić information content (AvgIpc) is 3.11. The SMILES string of the molecule is COc1ccc(Br)cc1/C=C1\Oc2c(cc3c(c2C)OCN(Cc2ccc(F)cc2)C3)C1=O. The first-order valence-electron chi connectivity index (χ1n) is 10.5. The summed E-state index contributed by atoms with van der Waals surface area (Å²) in [5.74, 6) is 1.75. The Labute approximate surface area is 199 Å². The van der Waals surface area contributed by atoms with Crippen molar-refractivity contribution in [2.45, 2.75) is 20.0 Å². The Morgan fingerprint density at radius 2 is 1.94 bits per heavy atom. The number of allylic oxidation sites excluding steroid dienone is 1. The van der Waals surface area contributed by atoms with Crippen LogP contribution in [0.4, 0.5) is 4.39 Å². The van der Waals surface area contributed by atoms with Gasteiger partial charge in [-0.2, -0.15) is 0 Å². The highest BCUT2D eigenvalue weighted by atomic mass is 79.9. The molecule has 0 atom stereocenters. The summed E-state index contributed by atoms with van der Waals surface area (Å²) in [6, 6.07) is 13.9. The van der Waals surface area contributed by atoms with Gasteiger partial charge in [-0.3, -0.25) is 9.69 Å². The van der Waals surface area contributed by atoms with E-state index in [9.17, 15) is 9.18 Å². The Kier molecular flexibility index (Phi) is 5.68. The minimum atomic E-state index is -0.256. The molecule has 0 amide bonds. The van der Waals surface area contributed by atoms with Crippen molar-refractivity contribution in [2.24, 2.45) is 0 Å². The van der Waals surface area contributed by atoms with E-state index in [4.69, 9.17) is 14.2 Å². The van der Waals surface area contributed by atoms with E-state index in [1.165, 1.54) is 12.1 Å². The maximum Gasteiger partial charge on any atom is 0.231 e.